The maximum absolute atomic E-state index is 2.49. The van der Waals surface area contributed by atoms with Gasteiger partial charge in [0.15, 0.2) is 0 Å². The number of hydrogen-bond acceptors (Lipinski definition) is 4. The minimum atomic E-state index is -0.611. The zero-order valence-corrected chi connectivity index (χ0v) is 42.3. The first kappa shape index (κ1) is 45.5. The summed E-state index contributed by atoms with van der Waals surface area (Å²) in [7, 11) is 0. The summed E-state index contributed by atoms with van der Waals surface area (Å²) in [5.74, 6) is 0. The Labute approximate surface area is 450 Å². The zero-order valence-electron chi connectivity index (χ0n) is 42.3. The molecule has 0 radical (unpaired) electrons. The third kappa shape index (κ3) is 7.69. The molecule has 0 amide bonds. The molecule has 0 heterocycles. The van der Waals surface area contributed by atoms with Crippen LogP contribution in [0, 0.1) is 0 Å². The van der Waals surface area contributed by atoms with Crippen LogP contribution < -0.4 is 19.6 Å². The van der Waals surface area contributed by atoms with Crippen LogP contribution in [-0.4, -0.2) is 0 Å². The summed E-state index contributed by atoms with van der Waals surface area (Å²) < 4.78 is 0. The molecule has 4 nitrogen and oxygen atoms in total. The molecule has 12 aromatic rings. The van der Waals surface area contributed by atoms with Crippen LogP contribution in [0.5, 0.6) is 0 Å². The van der Waals surface area contributed by atoms with Crippen molar-refractivity contribution in [3.8, 4) is 22.3 Å². The molecular weight excluding hydrogens is 933 g/mol. The normalized spacial score (nSPS) is 12.3. The third-order valence-corrected chi connectivity index (χ3v) is 15.4. The van der Waals surface area contributed by atoms with Gasteiger partial charge in [-0.2, -0.15) is 0 Å². The summed E-state index contributed by atoms with van der Waals surface area (Å²) in [5, 5.41) is 0. The first-order valence-corrected chi connectivity index (χ1v) is 26.4. The molecule has 4 heteroatoms. The Bertz CT molecular complexity index is 3890. The molecule has 0 bridgehead atoms. The number of anilines is 12. The van der Waals surface area contributed by atoms with Gasteiger partial charge in [-0.1, -0.05) is 176 Å². The van der Waals surface area contributed by atoms with Gasteiger partial charge in [0.1, 0.15) is 0 Å². The topological polar surface area (TPSA) is 13.0 Å². The Balaban J connectivity index is 0.958. The average Bonchev–Trinajstić information content (AvgIpc) is 4.17. The SMILES string of the molecule is c1ccc(N(c2ccccc2)c2ccc(N(c3ccccc3)c3ccc4c(c3)C3(c5ccccc5-c5ccccc53)c3cccc(N(c5ccccc5)c5ccc(N(c6ccccc6)c6ccccc6)cc5)c3-4)cc2)cc1. The molecule has 14 rings (SSSR count). The van der Waals surface area contributed by atoms with Gasteiger partial charge in [0.2, 0.25) is 0 Å². The average molecular weight is 985 g/mol. The van der Waals surface area contributed by atoms with Crippen molar-refractivity contribution in [3.05, 3.63) is 338 Å². The number of para-hydroxylation sites is 6. The molecule has 0 atom stereocenters. The van der Waals surface area contributed by atoms with Crippen LogP contribution in [-0.2, 0) is 5.41 Å². The molecule has 0 saturated heterocycles. The maximum Gasteiger partial charge on any atom is 0.0727 e. The lowest BCUT2D eigenvalue weighted by Gasteiger charge is -2.33. The van der Waals surface area contributed by atoms with Gasteiger partial charge in [-0.25, -0.2) is 0 Å². The predicted octanol–water partition coefficient (Wildman–Crippen LogP) is 19.9. The minimum absolute atomic E-state index is 0.611. The van der Waals surface area contributed by atoms with E-state index in [9.17, 15) is 0 Å². The highest BCUT2D eigenvalue weighted by atomic mass is 15.2. The van der Waals surface area contributed by atoms with Gasteiger partial charge in [-0.15, -0.1) is 0 Å². The Morgan fingerprint density at radius 1 is 0.182 bits per heavy atom. The van der Waals surface area contributed by atoms with Gasteiger partial charge in [-0.05, 0) is 178 Å². The standard InChI is InChI=1S/C73H52N4/c1-7-24-53(25-8-1)74(54-26-9-2-10-27-54)59-42-44-61(45-43-59)76(57-32-15-5-16-33-57)63-50-51-66-70(52-63)73(67-38-21-19-36-64(67)65-37-20-22-39-68(65)73)69-40-23-41-71(72(66)69)77(58-34-17-6-18-35-58)62-48-46-60(47-49-62)75(55-28-11-3-12-29-55)56-30-13-4-14-31-56/h1-52H. The Morgan fingerprint density at radius 3 is 0.857 bits per heavy atom. The Kier molecular flexibility index (Phi) is 11.4. The van der Waals surface area contributed by atoms with Crippen molar-refractivity contribution in [1.29, 1.82) is 0 Å². The molecule has 364 valence electrons. The second-order valence-corrected chi connectivity index (χ2v) is 19.7. The van der Waals surface area contributed by atoms with Gasteiger partial charge in [0, 0.05) is 68.1 Å². The first-order valence-electron chi connectivity index (χ1n) is 26.4. The summed E-state index contributed by atoms with van der Waals surface area (Å²) in [5.41, 5.74) is 22.6. The summed E-state index contributed by atoms with van der Waals surface area (Å²) in [6, 6.07) is 115. The lowest BCUT2D eigenvalue weighted by molar-refractivity contribution is 0.793. The number of rotatable bonds is 12. The first-order chi connectivity index (χ1) is 38.2. The van der Waals surface area contributed by atoms with E-state index in [4.69, 9.17) is 0 Å². The van der Waals surface area contributed by atoms with Crippen molar-refractivity contribution in [3.63, 3.8) is 0 Å². The van der Waals surface area contributed by atoms with Crippen LogP contribution in [0.15, 0.2) is 315 Å². The Morgan fingerprint density at radius 2 is 0.468 bits per heavy atom. The van der Waals surface area contributed by atoms with Crippen molar-refractivity contribution in [2.75, 3.05) is 19.6 Å². The van der Waals surface area contributed by atoms with Gasteiger partial charge in [0.05, 0.1) is 11.1 Å². The Hall–Kier alpha value is -10.2. The lowest BCUT2D eigenvalue weighted by atomic mass is 9.70. The monoisotopic (exact) mass is 984 g/mol. The summed E-state index contributed by atoms with van der Waals surface area (Å²) in [4.78, 5) is 9.50. The van der Waals surface area contributed by atoms with E-state index in [1.807, 2.05) is 0 Å². The highest BCUT2D eigenvalue weighted by Gasteiger charge is 2.52. The van der Waals surface area contributed by atoms with Crippen molar-refractivity contribution in [1.82, 2.24) is 0 Å². The quantitative estimate of drug-likeness (QED) is 0.121. The van der Waals surface area contributed by atoms with Crippen LogP contribution >= 0.6 is 0 Å². The van der Waals surface area contributed by atoms with Crippen molar-refractivity contribution in [2.45, 2.75) is 5.41 Å². The molecule has 1 spiro atoms. The molecule has 77 heavy (non-hydrogen) atoms. The van der Waals surface area contributed by atoms with E-state index in [0.717, 1.165) is 68.2 Å². The van der Waals surface area contributed by atoms with Crippen LogP contribution in [0.1, 0.15) is 22.3 Å². The fourth-order valence-corrected chi connectivity index (χ4v) is 12.2. The van der Waals surface area contributed by atoms with Crippen LogP contribution in [0.3, 0.4) is 0 Å². The maximum atomic E-state index is 2.49. The fourth-order valence-electron chi connectivity index (χ4n) is 12.2. The molecule has 0 aliphatic heterocycles. The van der Waals surface area contributed by atoms with Crippen molar-refractivity contribution < 1.29 is 0 Å². The molecule has 12 aromatic carbocycles. The molecule has 0 fully saturated rings. The van der Waals surface area contributed by atoms with Gasteiger partial charge in [-0.3, -0.25) is 0 Å². The molecule has 2 aliphatic rings. The minimum Gasteiger partial charge on any atom is -0.311 e. The van der Waals surface area contributed by atoms with E-state index in [2.05, 4.69) is 335 Å². The number of benzene rings is 12. The molecule has 0 unspecified atom stereocenters. The second-order valence-electron chi connectivity index (χ2n) is 19.7. The van der Waals surface area contributed by atoms with Crippen molar-refractivity contribution in [2.24, 2.45) is 0 Å². The highest BCUT2D eigenvalue weighted by Crippen LogP contribution is 2.65. The zero-order chi connectivity index (χ0) is 51.1. The van der Waals surface area contributed by atoms with Crippen molar-refractivity contribution >= 4 is 68.2 Å². The summed E-state index contributed by atoms with van der Waals surface area (Å²) in [6.45, 7) is 0. The number of fused-ring (bicyclic) bond motifs is 10. The van der Waals surface area contributed by atoms with E-state index >= 15 is 0 Å². The molecule has 2 aliphatic carbocycles. The second kappa shape index (κ2) is 19.3. The molecule has 0 aromatic heterocycles. The smallest absolute Gasteiger partial charge is 0.0727 e. The predicted molar refractivity (Wildman–Crippen MR) is 321 cm³/mol. The van der Waals surface area contributed by atoms with E-state index in [1.165, 1.54) is 44.5 Å². The van der Waals surface area contributed by atoms with E-state index in [0.29, 0.717) is 0 Å². The summed E-state index contributed by atoms with van der Waals surface area (Å²) in [6.07, 6.45) is 0. The van der Waals surface area contributed by atoms with Gasteiger partial charge in [0.25, 0.3) is 0 Å². The van der Waals surface area contributed by atoms with E-state index in [-0.39, 0.29) is 0 Å². The van der Waals surface area contributed by atoms with Crippen LogP contribution in [0.25, 0.3) is 22.3 Å². The van der Waals surface area contributed by atoms with Gasteiger partial charge >= 0.3 is 0 Å². The van der Waals surface area contributed by atoms with Crippen LogP contribution in [0.4, 0.5) is 68.2 Å². The molecular formula is C73H52N4. The molecule has 0 N–H and O–H groups in total. The van der Waals surface area contributed by atoms with Gasteiger partial charge < -0.3 is 19.6 Å². The largest absolute Gasteiger partial charge is 0.311 e. The fraction of sp³-hybridized carbons (Fsp3) is 0.0137. The lowest BCUT2D eigenvalue weighted by Crippen LogP contribution is -2.26. The van der Waals surface area contributed by atoms with E-state index in [1.54, 1.807) is 0 Å². The number of nitrogens with zero attached hydrogens (tertiary/aromatic N) is 4. The molecule has 0 saturated carbocycles. The highest BCUT2D eigenvalue weighted by molar-refractivity contribution is 6.02. The van der Waals surface area contributed by atoms with Crippen LogP contribution in [0.2, 0.25) is 0 Å². The summed E-state index contributed by atoms with van der Waals surface area (Å²) >= 11 is 0. The third-order valence-electron chi connectivity index (χ3n) is 15.4. The van der Waals surface area contributed by atoms with E-state index < -0.39 is 5.41 Å². The number of hydrogen-bond donors (Lipinski definition) is 0.